The summed E-state index contributed by atoms with van der Waals surface area (Å²) < 4.78 is 5.61. The fourth-order valence-corrected chi connectivity index (χ4v) is 3.87. The Bertz CT molecular complexity index is 978. The van der Waals surface area contributed by atoms with E-state index in [2.05, 4.69) is 47.5 Å². The molecule has 5 nitrogen and oxygen atoms in total. The Hall–Kier alpha value is -3.04. The second-order valence-electron chi connectivity index (χ2n) is 5.81. The first-order valence-electron chi connectivity index (χ1n) is 8.01. The van der Waals surface area contributed by atoms with E-state index in [9.17, 15) is 5.26 Å². The maximum absolute atomic E-state index is 9.68. The monoisotopic (exact) mass is 348 g/mol. The predicted molar refractivity (Wildman–Crippen MR) is 97.0 cm³/mol. The van der Waals surface area contributed by atoms with Crippen LogP contribution in [0.5, 0.6) is 5.88 Å². The highest BCUT2D eigenvalue weighted by molar-refractivity contribution is 7.13. The lowest BCUT2D eigenvalue weighted by Gasteiger charge is -2.24. The first kappa shape index (κ1) is 15.5. The highest BCUT2D eigenvalue weighted by Crippen LogP contribution is 2.46. The number of nitrogens with two attached hydrogens (primary N) is 1. The molecule has 1 aliphatic rings. The van der Waals surface area contributed by atoms with Gasteiger partial charge in [0.25, 0.3) is 0 Å². The number of H-pyrrole nitrogens is 1. The Kier molecular flexibility index (Phi) is 3.79. The molecule has 1 atom stereocenters. The largest absolute Gasteiger partial charge is 0.420 e. The number of rotatable bonds is 3. The topological polar surface area (TPSA) is 87.7 Å². The smallest absolute Gasteiger partial charge is 0.244 e. The summed E-state index contributed by atoms with van der Waals surface area (Å²) in [5.74, 6) is 0.253. The lowest BCUT2D eigenvalue weighted by molar-refractivity contribution is 0.379. The Balaban J connectivity index is 1.92. The second-order valence-corrected chi connectivity index (χ2v) is 6.76. The van der Waals surface area contributed by atoms with Gasteiger partial charge >= 0.3 is 0 Å². The minimum Gasteiger partial charge on any atom is -0.420 e. The Morgan fingerprint density at radius 3 is 2.76 bits per heavy atom. The van der Waals surface area contributed by atoms with Crippen LogP contribution in [0.4, 0.5) is 0 Å². The number of aromatic nitrogens is 2. The molecule has 0 unspecified atom stereocenters. The van der Waals surface area contributed by atoms with E-state index in [1.165, 1.54) is 5.56 Å². The van der Waals surface area contributed by atoms with E-state index in [-0.39, 0.29) is 11.8 Å². The number of nitrogens with one attached hydrogen (secondary N) is 1. The van der Waals surface area contributed by atoms with E-state index in [4.69, 9.17) is 10.5 Å². The molecule has 4 rings (SSSR count). The Morgan fingerprint density at radius 2 is 2.12 bits per heavy atom. The molecule has 25 heavy (non-hydrogen) atoms. The van der Waals surface area contributed by atoms with Crippen LogP contribution in [0.25, 0.3) is 10.6 Å². The van der Waals surface area contributed by atoms with Crippen LogP contribution in [-0.4, -0.2) is 10.2 Å². The lowest BCUT2D eigenvalue weighted by atomic mass is 9.83. The molecular weight excluding hydrogens is 332 g/mol. The first-order valence-corrected chi connectivity index (χ1v) is 8.89. The zero-order valence-electron chi connectivity index (χ0n) is 13.6. The minimum absolute atomic E-state index is 0.115. The molecule has 0 saturated carbocycles. The fraction of sp³-hybridized carbons (Fsp3) is 0.158. The zero-order valence-corrected chi connectivity index (χ0v) is 14.4. The van der Waals surface area contributed by atoms with Crippen LogP contribution in [0, 0.1) is 11.3 Å². The van der Waals surface area contributed by atoms with Crippen molar-refractivity contribution in [3.05, 3.63) is 69.9 Å². The van der Waals surface area contributed by atoms with Crippen LogP contribution >= 0.6 is 11.3 Å². The number of nitriles is 1. The fourth-order valence-electron chi connectivity index (χ4n) is 3.13. The minimum atomic E-state index is -0.296. The van der Waals surface area contributed by atoms with Gasteiger partial charge in [0.05, 0.1) is 22.1 Å². The summed E-state index contributed by atoms with van der Waals surface area (Å²) in [4.78, 5) is 1.05. The number of hydrogen-bond acceptors (Lipinski definition) is 5. The summed E-state index contributed by atoms with van der Waals surface area (Å²) >= 11 is 1.61. The van der Waals surface area contributed by atoms with Crippen LogP contribution in [0.1, 0.15) is 29.5 Å². The number of fused-ring (bicyclic) bond motifs is 1. The predicted octanol–water partition coefficient (Wildman–Crippen LogP) is 3.92. The van der Waals surface area contributed by atoms with Gasteiger partial charge in [-0.1, -0.05) is 37.3 Å². The maximum Gasteiger partial charge on any atom is 0.244 e. The number of benzene rings is 1. The average Bonchev–Trinajstić information content (AvgIpc) is 3.30. The lowest BCUT2D eigenvalue weighted by Crippen LogP contribution is -2.20. The van der Waals surface area contributed by atoms with Gasteiger partial charge in [-0.15, -0.1) is 16.4 Å². The van der Waals surface area contributed by atoms with E-state index in [1.54, 1.807) is 11.3 Å². The van der Waals surface area contributed by atoms with Gasteiger partial charge in [0.1, 0.15) is 11.6 Å². The maximum atomic E-state index is 9.68. The summed E-state index contributed by atoms with van der Waals surface area (Å²) in [6.07, 6.45) is 0.967. The van der Waals surface area contributed by atoms with Crippen molar-refractivity contribution in [3.8, 4) is 22.5 Å². The molecule has 0 bridgehead atoms. The van der Waals surface area contributed by atoms with Crippen molar-refractivity contribution < 1.29 is 4.74 Å². The van der Waals surface area contributed by atoms with Crippen molar-refractivity contribution in [3.63, 3.8) is 0 Å². The zero-order chi connectivity index (χ0) is 17.4. The number of allylic oxidation sites excluding steroid dienone is 1. The van der Waals surface area contributed by atoms with Crippen LogP contribution in [0.15, 0.2) is 53.2 Å². The van der Waals surface area contributed by atoms with Gasteiger partial charge in [0, 0.05) is 0 Å². The first-order chi connectivity index (χ1) is 12.2. The van der Waals surface area contributed by atoms with Gasteiger partial charge in [0.15, 0.2) is 0 Å². The molecule has 0 saturated heterocycles. The standard InChI is InChI=1S/C19H16N4OS/c1-2-11-5-7-12(8-6-11)15-13(10-20)18(21)24-19-16(15)17(22-23-19)14-4-3-9-25-14/h3-9,15H,2,21H2,1H3,(H,22,23)/t15-/m0/s1. The Labute approximate surface area is 149 Å². The van der Waals surface area contributed by atoms with E-state index in [0.717, 1.165) is 28.1 Å². The van der Waals surface area contributed by atoms with Gasteiger partial charge in [-0.3, -0.25) is 5.10 Å². The number of ether oxygens (including phenoxy) is 1. The van der Waals surface area contributed by atoms with Gasteiger partial charge in [0.2, 0.25) is 11.8 Å². The van der Waals surface area contributed by atoms with Crippen molar-refractivity contribution in [2.45, 2.75) is 19.3 Å². The Morgan fingerprint density at radius 1 is 1.32 bits per heavy atom. The molecule has 0 spiro atoms. The van der Waals surface area contributed by atoms with Gasteiger partial charge < -0.3 is 10.5 Å². The second kappa shape index (κ2) is 6.11. The van der Waals surface area contributed by atoms with E-state index in [0.29, 0.717) is 11.5 Å². The molecule has 1 aromatic carbocycles. The quantitative estimate of drug-likeness (QED) is 0.751. The molecule has 1 aliphatic heterocycles. The van der Waals surface area contributed by atoms with Crippen LogP contribution in [0.3, 0.4) is 0 Å². The van der Waals surface area contributed by atoms with E-state index in [1.807, 2.05) is 17.5 Å². The third-order valence-electron chi connectivity index (χ3n) is 4.43. The number of thiophene rings is 1. The van der Waals surface area contributed by atoms with Crippen molar-refractivity contribution >= 4 is 11.3 Å². The highest BCUT2D eigenvalue weighted by Gasteiger charge is 2.35. The molecule has 3 heterocycles. The number of hydrogen-bond donors (Lipinski definition) is 2. The summed E-state index contributed by atoms with van der Waals surface area (Å²) in [6, 6.07) is 14.5. The normalized spacial score (nSPS) is 16.2. The van der Waals surface area contributed by atoms with Gasteiger partial charge in [-0.25, -0.2) is 0 Å². The third-order valence-corrected chi connectivity index (χ3v) is 5.32. The molecule has 6 heteroatoms. The van der Waals surface area contributed by atoms with Crippen LogP contribution in [0.2, 0.25) is 0 Å². The van der Waals surface area contributed by atoms with E-state index < -0.39 is 0 Å². The molecule has 3 aromatic rings. The van der Waals surface area contributed by atoms with Gasteiger partial charge in [-0.05, 0) is 29.0 Å². The summed E-state index contributed by atoms with van der Waals surface area (Å²) in [5.41, 5.74) is 10.4. The van der Waals surface area contributed by atoms with Crippen molar-refractivity contribution in [1.29, 1.82) is 5.26 Å². The van der Waals surface area contributed by atoms with Crippen molar-refractivity contribution in [2.75, 3.05) is 0 Å². The molecule has 0 aliphatic carbocycles. The van der Waals surface area contributed by atoms with E-state index >= 15 is 0 Å². The summed E-state index contributed by atoms with van der Waals surface area (Å²) in [7, 11) is 0. The highest BCUT2D eigenvalue weighted by atomic mass is 32.1. The number of aromatic amines is 1. The number of nitrogens with zero attached hydrogens (tertiary/aromatic N) is 2. The molecule has 3 N–H and O–H groups in total. The van der Waals surface area contributed by atoms with Crippen molar-refractivity contribution in [2.24, 2.45) is 5.73 Å². The SMILES string of the molecule is CCc1ccc([C@H]2C(C#N)=C(N)Oc3n[nH]c(-c4cccs4)c32)cc1. The molecular formula is C19H16N4OS. The molecule has 0 amide bonds. The van der Waals surface area contributed by atoms with Crippen LogP contribution in [-0.2, 0) is 6.42 Å². The molecule has 0 radical (unpaired) electrons. The molecule has 2 aromatic heterocycles. The summed E-state index contributed by atoms with van der Waals surface area (Å²) in [5, 5.41) is 19.0. The van der Waals surface area contributed by atoms with Crippen LogP contribution < -0.4 is 10.5 Å². The third kappa shape index (κ3) is 2.49. The molecule has 0 fully saturated rings. The molecule has 124 valence electrons. The van der Waals surface area contributed by atoms with Crippen molar-refractivity contribution in [1.82, 2.24) is 10.2 Å². The number of aryl methyl sites for hydroxylation is 1. The average molecular weight is 348 g/mol. The summed E-state index contributed by atoms with van der Waals surface area (Å²) in [6.45, 7) is 2.12. The van der Waals surface area contributed by atoms with Gasteiger partial charge in [-0.2, -0.15) is 5.26 Å².